The van der Waals surface area contributed by atoms with Gasteiger partial charge in [-0.2, -0.15) is 0 Å². The highest BCUT2D eigenvalue weighted by molar-refractivity contribution is 5.87. The second kappa shape index (κ2) is 11.4. The third-order valence-corrected chi connectivity index (χ3v) is 5.95. The van der Waals surface area contributed by atoms with E-state index in [1.165, 1.54) is 6.20 Å². The predicted molar refractivity (Wildman–Crippen MR) is 124 cm³/mol. The first kappa shape index (κ1) is 24.2. The van der Waals surface area contributed by atoms with Crippen molar-refractivity contribution in [2.45, 2.75) is 45.1 Å². The van der Waals surface area contributed by atoms with Gasteiger partial charge in [0.05, 0.1) is 19.0 Å². The molecule has 1 aliphatic rings. The summed E-state index contributed by atoms with van der Waals surface area (Å²) in [7, 11) is 1.85. The summed E-state index contributed by atoms with van der Waals surface area (Å²) >= 11 is 0. The van der Waals surface area contributed by atoms with E-state index in [2.05, 4.69) is 33.6 Å². The van der Waals surface area contributed by atoms with Crippen molar-refractivity contribution in [3.63, 3.8) is 0 Å². The fourth-order valence-corrected chi connectivity index (χ4v) is 4.14. The number of amides is 2. The van der Waals surface area contributed by atoms with Gasteiger partial charge in [-0.15, -0.1) is 0 Å². The van der Waals surface area contributed by atoms with Gasteiger partial charge < -0.3 is 20.6 Å². The molecule has 176 valence electrons. The first-order chi connectivity index (χ1) is 15.9. The molecule has 3 N–H and O–H groups in total. The molecule has 2 aromatic heterocycles. The Hall–Kier alpha value is -3.49. The molecule has 0 aliphatic carbocycles. The predicted octanol–water partition coefficient (Wildman–Crippen LogP) is 2.19. The highest BCUT2D eigenvalue weighted by Crippen LogP contribution is 2.24. The maximum absolute atomic E-state index is 12.8. The molecule has 0 saturated carbocycles. The second-order valence-corrected chi connectivity index (χ2v) is 8.20. The summed E-state index contributed by atoms with van der Waals surface area (Å²) in [5.74, 6) is -0.717. The molecule has 2 atom stereocenters. The zero-order valence-corrected chi connectivity index (χ0v) is 19.1. The number of nitrogens with one attached hydrogen (secondary N) is 2. The third kappa shape index (κ3) is 6.50. The number of carbonyl (C=O) groups is 3. The van der Waals surface area contributed by atoms with Crippen LogP contribution in [0.1, 0.15) is 49.0 Å². The van der Waals surface area contributed by atoms with Crippen molar-refractivity contribution in [3.8, 4) is 0 Å². The number of aromatic nitrogens is 2. The van der Waals surface area contributed by atoms with Crippen LogP contribution in [-0.2, 0) is 27.2 Å². The first-order valence-corrected chi connectivity index (χ1v) is 11.3. The van der Waals surface area contributed by atoms with Crippen LogP contribution in [0.2, 0.25) is 0 Å². The van der Waals surface area contributed by atoms with Crippen LogP contribution in [0.3, 0.4) is 0 Å². The molecule has 1 saturated heterocycles. The number of carboxylic acid groups (broad SMARTS) is 1. The van der Waals surface area contributed by atoms with E-state index in [9.17, 15) is 19.5 Å². The van der Waals surface area contributed by atoms with Crippen LogP contribution in [0, 0.1) is 5.92 Å². The Morgan fingerprint density at radius 3 is 2.79 bits per heavy atom. The summed E-state index contributed by atoms with van der Waals surface area (Å²) in [6.45, 7) is 2.51. The van der Waals surface area contributed by atoms with Gasteiger partial charge in [0.15, 0.2) is 0 Å². The number of hydrogen-bond donors (Lipinski definition) is 3. The summed E-state index contributed by atoms with van der Waals surface area (Å²) < 4.78 is 0. The molecule has 3 heterocycles. The minimum absolute atomic E-state index is 0.0414. The highest BCUT2D eigenvalue weighted by Gasteiger charge is 2.33. The van der Waals surface area contributed by atoms with Gasteiger partial charge in [-0.1, -0.05) is 19.1 Å². The molecule has 9 heteroatoms. The van der Waals surface area contributed by atoms with Gasteiger partial charge in [0.1, 0.15) is 5.82 Å². The Bertz CT molecular complexity index is 982. The Morgan fingerprint density at radius 1 is 1.30 bits per heavy atom. The van der Waals surface area contributed by atoms with Gasteiger partial charge in [-0.05, 0) is 48.9 Å². The molecular formula is C24H31N5O4. The van der Waals surface area contributed by atoms with Crippen LogP contribution in [0.5, 0.6) is 0 Å². The summed E-state index contributed by atoms with van der Waals surface area (Å²) in [5, 5.41) is 15.0. The van der Waals surface area contributed by atoms with Crippen LogP contribution in [0.25, 0.3) is 0 Å². The van der Waals surface area contributed by atoms with Crippen molar-refractivity contribution in [1.82, 2.24) is 20.2 Å². The van der Waals surface area contributed by atoms with Crippen LogP contribution in [-0.4, -0.2) is 57.9 Å². The molecular weight excluding hydrogens is 422 g/mol. The Kier molecular flexibility index (Phi) is 8.34. The standard InChI is InChI=1S/C24H31N5O4/c1-3-16-6-8-19(27-23(16)25-2)9-7-17-10-12-29(24(17)33)15-21(30)28-20(13-22(31)32)18-5-4-11-26-14-18/h4-6,8,11,14,17,20H,3,7,9-10,12-13,15H2,1-2H3,(H,25,27)(H,28,30)(H,31,32). The number of carboxylic acids is 1. The van der Waals surface area contributed by atoms with Crippen molar-refractivity contribution in [1.29, 1.82) is 0 Å². The van der Waals surface area contributed by atoms with Gasteiger partial charge in [0.25, 0.3) is 0 Å². The number of pyridine rings is 2. The molecule has 2 aromatic rings. The smallest absolute Gasteiger partial charge is 0.305 e. The summed E-state index contributed by atoms with van der Waals surface area (Å²) in [6, 6.07) is 6.78. The Labute approximate surface area is 193 Å². The van der Waals surface area contributed by atoms with E-state index in [1.54, 1.807) is 23.2 Å². The van der Waals surface area contributed by atoms with E-state index in [-0.39, 0.29) is 30.7 Å². The number of carbonyl (C=O) groups excluding carboxylic acids is 2. The molecule has 3 rings (SSSR count). The average molecular weight is 454 g/mol. The number of aryl methyl sites for hydroxylation is 2. The Balaban J connectivity index is 1.54. The molecule has 2 amide bonds. The fraction of sp³-hybridized carbons (Fsp3) is 0.458. The van der Waals surface area contributed by atoms with Gasteiger partial charge in [-0.25, -0.2) is 4.98 Å². The number of rotatable bonds is 11. The highest BCUT2D eigenvalue weighted by atomic mass is 16.4. The average Bonchev–Trinajstić information content (AvgIpc) is 3.16. The molecule has 1 fully saturated rings. The monoisotopic (exact) mass is 453 g/mol. The lowest BCUT2D eigenvalue weighted by Crippen LogP contribution is -2.40. The van der Waals surface area contributed by atoms with Crippen molar-refractivity contribution < 1.29 is 19.5 Å². The largest absolute Gasteiger partial charge is 0.481 e. The summed E-state index contributed by atoms with van der Waals surface area (Å²) in [4.78, 5) is 46.8. The molecule has 2 unspecified atom stereocenters. The van der Waals surface area contributed by atoms with E-state index in [0.717, 1.165) is 23.5 Å². The lowest BCUT2D eigenvalue weighted by molar-refractivity contribution is -0.138. The third-order valence-electron chi connectivity index (χ3n) is 5.95. The first-order valence-electron chi connectivity index (χ1n) is 11.3. The zero-order valence-electron chi connectivity index (χ0n) is 19.1. The molecule has 0 spiro atoms. The number of hydrogen-bond acceptors (Lipinski definition) is 6. The second-order valence-electron chi connectivity index (χ2n) is 8.20. The van der Waals surface area contributed by atoms with Crippen LogP contribution in [0.15, 0.2) is 36.7 Å². The van der Waals surface area contributed by atoms with E-state index < -0.39 is 12.0 Å². The van der Waals surface area contributed by atoms with Gasteiger partial charge in [-0.3, -0.25) is 19.4 Å². The maximum atomic E-state index is 12.8. The fourth-order valence-electron chi connectivity index (χ4n) is 4.14. The van der Waals surface area contributed by atoms with Crippen molar-refractivity contribution in [3.05, 3.63) is 53.5 Å². The molecule has 33 heavy (non-hydrogen) atoms. The number of aliphatic carboxylic acids is 1. The van der Waals surface area contributed by atoms with E-state index in [0.29, 0.717) is 31.4 Å². The van der Waals surface area contributed by atoms with Gasteiger partial charge >= 0.3 is 5.97 Å². The molecule has 0 aromatic carbocycles. The van der Waals surface area contributed by atoms with Crippen molar-refractivity contribution in [2.75, 3.05) is 25.5 Å². The molecule has 0 bridgehead atoms. The molecule has 0 radical (unpaired) electrons. The van der Waals surface area contributed by atoms with Crippen LogP contribution < -0.4 is 10.6 Å². The SMILES string of the molecule is CCc1ccc(CCC2CCN(CC(=O)NC(CC(=O)O)c3cccnc3)C2=O)nc1NC. The summed E-state index contributed by atoms with van der Waals surface area (Å²) in [6.07, 6.45) is 5.82. The minimum atomic E-state index is -1.02. The van der Waals surface area contributed by atoms with Gasteiger partial charge in [0.2, 0.25) is 11.8 Å². The number of nitrogens with zero attached hydrogens (tertiary/aromatic N) is 3. The topological polar surface area (TPSA) is 125 Å². The van der Waals surface area contributed by atoms with Gasteiger partial charge in [0, 0.05) is 37.6 Å². The number of anilines is 1. The quantitative estimate of drug-likeness (QED) is 0.476. The van der Waals surface area contributed by atoms with Crippen molar-refractivity contribution >= 4 is 23.6 Å². The zero-order chi connectivity index (χ0) is 23.8. The van der Waals surface area contributed by atoms with Crippen molar-refractivity contribution in [2.24, 2.45) is 5.92 Å². The minimum Gasteiger partial charge on any atom is -0.481 e. The lowest BCUT2D eigenvalue weighted by Gasteiger charge is -2.20. The normalized spacial score (nSPS) is 16.5. The molecule has 9 nitrogen and oxygen atoms in total. The van der Waals surface area contributed by atoms with Crippen LogP contribution >= 0.6 is 0 Å². The Morgan fingerprint density at radius 2 is 2.12 bits per heavy atom. The number of likely N-dealkylation sites (tertiary alicyclic amines) is 1. The van der Waals surface area contributed by atoms with E-state index in [4.69, 9.17) is 0 Å². The molecule has 1 aliphatic heterocycles. The van der Waals surface area contributed by atoms with E-state index >= 15 is 0 Å². The van der Waals surface area contributed by atoms with E-state index in [1.807, 2.05) is 13.1 Å². The maximum Gasteiger partial charge on any atom is 0.305 e. The lowest BCUT2D eigenvalue weighted by atomic mass is 10.00. The summed E-state index contributed by atoms with van der Waals surface area (Å²) in [5.41, 5.74) is 2.71. The van der Waals surface area contributed by atoms with Crippen LogP contribution in [0.4, 0.5) is 5.82 Å².